The van der Waals surface area contributed by atoms with E-state index in [-0.39, 0.29) is 0 Å². The maximum atomic E-state index is 5.37. The molecule has 2 aromatic rings. The molecule has 6 nitrogen and oxygen atoms in total. The summed E-state index contributed by atoms with van der Waals surface area (Å²) in [7, 11) is 1.85. The topological polar surface area (TPSA) is 62.3 Å². The highest BCUT2D eigenvalue weighted by Gasteiger charge is 2.12. The van der Waals surface area contributed by atoms with E-state index in [0.29, 0.717) is 5.95 Å². The fraction of sp³-hybridized carbons (Fsp3) is 0.571. The van der Waals surface area contributed by atoms with Crippen LogP contribution in [0.3, 0.4) is 0 Å². The number of rotatable bonds is 5. The van der Waals surface area contributed by atoms with E-state index in [2.05, 4.69) is 38.5 Å². The van der Waals surface area contributed by atoms with Crippen molar-refractivity contribution in [2.24, 2.45) is 0 Å². The summed E-state index contributed by atoms with van der Waals surface area (Å²) in [6.45, 7) is 7.69. The first-order valence-corrected chi connectivity index (χ1v) is 8.08. The second-order valence-corrected chi connectivity index (χ2v) is 6.34. The van der Waals surface area contributed by atoms with Crippen molar-refractivity contribution < 1.29 is 4.74 Å². The molecular formula is C14H21N5OS. The number of anilines is 2. The first kappa shape index (κ1) is 14.5. The Balaban J connectivity index is 1.70. The van der Waals surface area contributed by atoms with Gasteiger partial charge in [0.15, 0.2) is 0 Å². The molecule has 2 N–H and O–H groups in total. The van der Waals surface area contributed by atoms with Crippen LogP contribution in [-0.4, -0.2) is 61.3 Å². The Kier molecular flexibility index (Phi) is 4.52. The van der Waals surface area contributed by atoms with Gasteiger partial charge in [-0.1, -0.05) is 0 Å². The van der Waals surface area contributed by atoms with E-state index in [1.165, 1.54) is 4.88 Å². The molecule has 21 heavy (non-hydrogen) atoms. The number of nitrogens with zero attached hydrogens (tertiary/aromatic N) is 3. The van der Waals surface area contributed by atoms with E-state index < -0.39 is 0 Å². The van der Waals surface area contributed by atoms with Gasteiger partial charge in [-0.2, -0.15) is 4.98 Å². The first-order valence-electron chi connectivity index (χ1n) is 7.26. The molecule has 2 aromatic heterocycles. The molecule has 0 bridgehead atoms. The van der Waals surface area contributed by atoms with Crippen LogP contribution < -0.4 is 10.6 Å². The number of morpholine rings is 1. The lowest BCUT2D eigenvalue weighted by Gasteiger charge is -2.26. The Labute approximate surface area is 128 Å². The Morgan fingerprint density at radius 1 is 1.33 bits per heavy atom. The van der Waals surface area contributed by atoms with Gasteiger partial charge in [-0.3, -0.25) is 4.90 Å². The van der Waals surface area contributed by atoms with Crippen LogP contribution in [0.1, 0.15) is 4.88 Å². The maximum Gasteiger partial charge on any atom is 0.225 e. The quantitative estimate of drug-likeness (QED) is 0.878. The van der Waals surface area contributed by atoms with Crippen molar-refractivity contribution in [1.82, 2.24) is 14.9 Å². The van der Waals surface area contributed by atoms with Crippen LogP contribution in [0.25, 0.3) is 10.2 Å². The summed E-state index contributed by atoms with van der Waals surface area (Å²) in [4.78, 5) is 13.7. The van der Waals surface area contributed by atoms with Gasteiger partial charge in [0.25, 0.3) is 0 Å². The highest BCUT2D eigenvalue weighted by atomic mass is 32.1. The fourth-order valence-electron chi connectivity index (χ4n) is 2.45. The lowest BCUT2D eigenvalue weighted by atomic mass is 10.3. The van der Waals surface area contributed by atoms with Gasteiger partial charge in [0, 0.05) is 38.1 Å². The van der Waals surface area contributed by atoms with Crippen molar-refractivity contribution in [2.45, 2.75) is 6.92 Å². The van der Waals surface area contributed by atoms with Crippen LogP contribution in [0.4, 0.5) is 11.8 Å². The van der Waals surface area contributed by atoms with Crippen molar-refractivity contribution in [3.8, 4) is 0 Å². The number of thiophene rings is 1. The molecule has 114 valence electrons. The lowest BCUT2D eigenvalue weighted by Crippen LogP contribution is -2.39. The van der Waals surface area contributed by atoms with Crippen LogP contribution in [-0.2, 0) is 4.74 Å². The van der Waals surface area contributed by atoms with Gasteiger partial charge >= 0.3 is 0 Å². The number of nitrogens with one attached hydrogen (secondary N) is 2. The zero-order valence-corrected chi connectivity index (χ0v) is 13.3. The molecule has 0 unspecified atom stereocenters. The third kappa shape index (κ3) is 3.42. The molecule has 0 atom stereocenters. The van der Waals surface area contributed by atoms with Crippen molar-refractivity contribution in [1.29, 1.82) is 0 Å². The van der Waals surface area contributed by atoms with Gasteiger partial charge in [0.2, 0.25) is 5.95 Å². The zero-order valence-electron chi connectivity index (χ0n) is 12.5. The van der Waals surface area contributed by atoms with E-state index in [9.17, 15) is 0 Å². The predicted molar refractivity (Wildman–Crippen MR) is 87.4 cm³/mol. The summed E-state index contributed by atoms with van der Waals surface area (Å²) in [6.07, 6.45) is 0. The number of ether oxygens (including phenoxy) is 1. The summed E-state index contributed by atoms with van der Waals surface area (Å²) in [6, 6.07) is 2.15. The Bertz CT molecular complexity index is 609. The largest absolute Gasteiger partial charge is 0.379 e. The Morgan fingerprint density at radius 2 is 2.14 bits per heavy atom. The third-order valence-corrected chi connectivity index (χ3v) is 4.51. The summed E-state index contributed by atoms with van der Waals surface area (Å²) in [5.41, 5.74) is 0. The monoisotopic (exact) mass is 307 g/mol. The van der Waals surface area contributed by atoms with Gasteiger partial charge < -0.3 is 15.4 Å². The van der Waals surface area contributed by atoms with Gasteiger partial charge in [-0.05, 0) is 13.0 Å². The van der Waals surface area contributed by atoms with Crippen molar-refractivity contribution in [3.63, 3.8) is 0 Å². The maximum absolute atomic E-state index is 5.37. The van der Waals surface area contributed by atoms with Crippen LogP contribution >= 0.6 is 11.3 Å². The minimum atomic E-state index is 0.665. The predicted octanol–water partition coefficient (Wildman–Crippen LogP) is 1.79. The highest BCUT2D eigenvalue weighted by Crippen LogP contribution is 2.29. The molecule has 3 heterocycles. The standard InChI is InChI=1S/C14H21N5OS/c1-10-9-11-12(17-14(15-2)18-13(11)21-10)16-3-4-19-5-7-20-8-6-19/h9H,3-8H2,1-2H3,(H2,15,16,17,18). The third-order valence-electron chi connectivity index (χ3n) is 3.56. The summed E-state index contributed by atoms with van der Waals surface area (Å²) in [5, 5.41) is 7.59. The summed E-state index contributed by atoms with van der Waals surface area (Å²) in [5.74, 6) is 1.58. The van der Waals surface area contributed by atoms with Crippen LogP contribution in [0.2, 0.25) is 0 Å². The molecule has 3 rings (SSSR count). The molecule has 0 aromatic carbocycles. The molecule has 1 aliphatic rings. The van der Waals surface area contributed by atoms with Gasteiger partial charge in [-0.25, -0.2) is 4.98 Å². The van der Waals surface area contributed by atoms with E-state index in [1.807, 2.05) is 7.05 Å². The van der Waals surface area contributed by atoms with Crippen molar-refractivity contribution in [2.75, 3.05) is 57.1 Å². The molecule has 0 radical (unpaired) electrons. The smallest absolute Gasteiger partial charge is 0.225 e. The van der Waals surface area contributed by atoms with Crippen molar-refractivity contribution >= 4 is 33.3 Å². The minimum absolute atomic E-state index is 0.665. The van der Waals surface area contributed by atoms with Crippen LogP contribution in [0, 0.1) is 6.92 Å². The number of aryl methyl sites for hydroxylation is 1. The number of fused-ring (bicyclic) bond motifs is 1. The van der Waals surface area contributed by atoms with Crippen LogP contribution in [0.15, 0.2) is 6.07 Å². The second kappa shape index (κ2) is 6.55. The average Bonchev–Trinajstić information content (AvgIpc) is 2.88. The Morgan fingerprint density at radius 3 is 2.90 bits per heavy atom. The Hall–Kier alpha value is -1.44. The van der Waals surface area contributed by atoms with Crippen molar-refractivity contribution in [3.05, 3.63) is 10.9 Å². The molecule has 1 saturated heterocycles. The minimum Gasteiger partial charge on any atom is -0.379 e. The summed E-state index contributed by atoms with van der Waals surface area (Å²) >= 11 is 1.70. The van der Waals surface area contributed by atoms with E-state index in [0.717, 1.165) is 55.4 Å². The highest BCUT2D eigenvalue weighted by molar-refractivity contribution is 7.18. The van der Waals surface area contributed by atoms with E-state index >= 15 is 0 Å². The molecule has 0 spiro atoms. The lowest BCUT2D eigenvalue weighted by molar-refractivity contribution is 0.0398. The molecule has 0 aliphatic carbocycles. The first-order chi connectivity index (χ1) is 10.3. The zero-order chi connectivity index (χ0) is 14.7. The van der Waals surface area contributed by atoms with Gasteiger partial charge in [0.1, 0.15) is 10.6 Å². The molecule has 1 aliphatic heterocycles. The number of hydrogen-bond acceptors (Lipinski definition) is 7. The second-order valence-electron chi connectivity index (χ2n) is 5.10. The molecule has 0 amide bonds. The number of aromatic nitrogens is 2. The molecule has 7 heteroatoms. The van der Waals surface area contributed by atoms with Gasteiger partial charge in [0.05, 0.1) is 18.6 Å². The summed E-state index contributed by atoms with van der Waals surface area (Å²) < 4.78 is 5.37. The molecular weight excluding hydrogens is 286 g/mol. The molecule has 0 saturated carbocycles. The SMILES string of the molecule is CNc1nc(NCCN2CCOCC2)c2cc(C)sc2n1. The number of hydrogen-bond donors (Lipinski definition) is 2. The fourth-order valence-corrected chi connectivity index (χ4v) is 3.33. The van der Waals surface area contributed by atoms with E-state index in [4.69, 9.17) is 4.74 Å². The van der Waals surface area contributed by atoms with Gasteiger partial charge in [-0.15, -0.1) is 11.3 Å². The molecule has 1 fully saturated rings. The van der Waals surface area contributed by atoms with Crippen LogP contribution in [0.5, 0.6) is 0 Å². The average molecular weight is 307 g/mol. The van der Waals surface area contributed by atoms with E-state index in [1.54, 1.807) is 11.3 Å². The normalized spacial score (nSPS) is 16.3.